The van der Waals surface area contributed by atoms with Crippen molar-refractivity contribution in [2.24, 2.45) is 0 Å². The molecular formula is C6H9NOTi. The summed E-state index contributed by atoms with van der Waals surface area (Å²) < 4.78 is 0. The van der Waals surface area contributed by atoms with Gasteiger partial charge in [0.1, 0.15) is 0 Å². The van der Waals surface area contributed by atoms with Crippen molar-refractivity contribution in [3.63, 3.8) is 0 Å². The van der Waals surface area contributed by atoms with Crippen LogP contribution < -0.4 is 0 Å². The molecule has 1 amide bonds. The van der Waals surface area contributed by atoms with Crippen molar-refractivity contribution in [3.05, 3.63) is 12.8 Å². The van der Waals surface area contributed by atoms with Gasteiger partial charge in [0.15, 0.2) is 0 Å². The van der Waals surface area contributed by atoms with Crippen LogP contribution in [0.5, 0.6) is 0 Å². The van der Waals surface area contributed by atoms with Crippen molar-refractivity contribution in [1.29, 1.82) is 0 Å². The van der Waals surface area contributed by atoms with E-state index >= 15 is 0 Å². The maximum Gasteiger partial charge on any atom is 0.226 e. The summed E-state index contributed by atoms with van der Waals surface area (Å²) in [5.74, 6) is 0.208. The summed E-state index contributed by atoms with van der Waals surface area (Å²) in [6.45, 7) is 4.36. The zero-order valence-electron chi connectivity index (χ0n) is 5.26. The van der Waals surface area contributed by atoms with E-state index in [4.69, 9.17) is 0 Å². The Balaban J connectivity index is 0.000000640. The Morgan fingerprint density at radius 2 is 2.33 bits per heavy atom. The molecule has 2 nitrogen and oxygen atoms in total. The second-order valence-corrected chi connectivity index (χ2v) is 1.87. The van der Waals surface area contributed by atoms with Crippen molar-refractivity contribution in [2.45, 2.75) is 12.8 Å². The molecule has 0 saturated carbocycles. The minimum absolute atomic E-state index is 0. The average molecular weight is 159 g/mol. The molecule has 1 aliphatic heterocycles. The maximum absolute atomic E-state index is 10.7. The van der Waals surface area contributed by atoms with Crippen LogP contribution in [0.4, 0.5) is 0 Å². The second-order valence-electron chi connectivity index (χ2n) is 1.87. The number of likely N-dealkylation sites (tertiary alicyclic amines) is 1. The van der Waals surface area contributed by atoms with Crippen LogP contribution >= 0.6 is 0 Å². The number of hydrogen-bond donors (Lipinski definition) is 0. The van der Waals surface area contributed by atoms with Gasteiger partial charge in [-0.3, -0.25) is 4.79 Å². The van der Waals surface area contributed by atoms with E-state index in [2.05, 4.69) is 6.58 Å². The molecule has 0 aliphatic carbocycles. The summed E-state index contributed by atoms with van der Waals surface area (Å²) in [5, 5.41) is 0. The van der Waals surface area contributed by atoms with E-state index in [-0.39, 0.29) is 27.6 Å². The Kier molecular flexibility index (Phi) is 3.83. The van der Waals surface area contributed by atoms with Crippen LogP contribution in [0.1, 0.15) is 12.8 Å². The molecule has 0 aromatic carbocycles. The Hall–Kier alpha value is -0.0757. The number of hydrogen-bond acceptors (Lipinski definition) is 1. The fourth-order valence-corrected chi connectivity index (χ4v) is 0.862. The SMILES string of the molecule is C=CN1CCCC1=O.[Ti]. The third-order valence-electron chi connectivity index (χ3n) is 1.33. The molecule has 3 heteroatoms. The van der Waals surface area contributed by atoms with E-state index < -0.39 is 0 Å². The average Bonchev–Trinajstić information content (AvgIpc) is 2.14. The predicted molar refractivity (Wildman–Crippen MR) is 31.1 cm³/mol. The van der Waals surface area contributed by atoms with Gasteiger partial charge in [-0.05, 0) is 12.6 Å². The summed E-state index contributed by atoms with van der Waals surface area (Å²) in [6.07, 6.45) is 3.28. The third kappa shape index (κ3) is 1.96. The first-order valence-electron chi connectivity index (χ1n) is 2.76. The van der Waals surface area contributed by atoms with E-state index in [1.807, 2.05) is 0 Å². The topological polar surface area (TPSA) is 20.3 Å². The molecule has 1 aliphatic rings. The smallest absolute Gasteiger partial charge is 0.226 e. The fourth-order valence-electron chi connectivity index (χ4n) is 0.862. The fraction of sp³-hybridized carbons (Fsp3) is 0.500. The van der Waals surface area contributed by atoms with Gasteiger partial charge in [0.05, 0.1) is 0 Å². The quantitative estimate of drug-likeness (QED) is 0.517. The van der Waals surface area contributed by atoms with Crippen LogP contribution in [0.3, 0.4) is 0 Å². The molecule has 0 bridgehead atoms. The first kappa shape index (κ1) is 8.92. The molecule has 1 heterocycles. The van der Waals surface area contributed by atoms with Gasteiger partial charge >= 0.3 is 0 Å². The zero-order chi connectivity index (χ0) is 5.98. The molecule has 48 valence electrons. The van der Waals surface area contributed by atoms with Crippen molar-refractivity contribution in [1.82, 2.24) is 4.90 Å². The summed E-state index contributed by atoms with van der Waals surface area (Å²) in [6, 6.07) is 0. The van der Waals surface area contributed by atoms with Crippen molar-refractivity contribution >= 4 is 5.91 Å². The summed E-state index contributed by atoms with van der Waals surface area (Å²) >= 11 is 0. The predicted octanol–water partition coefficient (Wildman–Crippen LogP) is 0.750. The van der Waals surface area contributed by atoms with Gasteiger partial charge in [-0.25, -0.2) is 0 Å². The van der Waals surface area contributed by atoms with E-state index in [9.17, 15) is 4.79 Å². The van der Waals surface area contributed by atoms with Gasteiger partial charge < -0.3 is 4.90 Å². The van der Waals surface area contributed by atoms with E-state index in [0.717, 1.165) is 13.0 Å². The number of amides is 1. The number of nitrogens with zero attached hydrogens (tertiary/aromatic N) is 1. The van der Waals surface area contributed by atoms with Crippen molar-refractivity contribution in [3.8, 4) is 0 Å². The third-order valence-corrected chi connectivity index (χ3v) is 1.33. The number of rotatable bonds is 1. The van der Waals surface area contributed by atoms with Gasteiger partial charge in [0.2, 0.25) is 5.91 Å². The Labute approximate surface area is 69.8 Å². The van der Waals surface area contributed by atoms with Gasteiger partial charge in [0.25, 0.3) is 0 Å². The summed E-state index contributed by atoms with van der Waals surface area (Å²) in [7, 11) is 0. The largest absolute Gasteiger partial charge is 0.320 e. The number of carbonyl (C=O) groups excluding carboxylic acids is 1. The molecule has 0 unspecified atom stereocenters. The van der Waals surface area contributed by atoms with Gasteiger partial charge in [-0.15, -0.1) is 0 Å². The monoisotopic (exact) mass is 159 g/mol. The van der Waals surface area contributed by atoms with Crippen LogP contribution in [0.25, 0.3) is 0 Å². The zero-order valence-corrected chi connectivity index (χ0v) is 6.82. The van der Waals surface area contributed by atoms with Gasteiger partial charge in [-0.1, -0.05) is 6.58 Å². The first-order chi connectivity index (χ1) is 3.84. The molecule has 0 aromatic rings. The van der Waals surface area contributed by atoms with Crippen LogP contribution in [0.2, 0.25) is 0 Å². The second kappa shape index (κ2) is 3.86. The summed E-state index contributed by atoms with van der Waals surface area (Å²) in [5.41, 5.74) is 0. The van der Waals surface area contributed by atoms with Crippen molar-refractivity contribution in [2.75, 3.05) is 6.54 Å². The number of carbonyl (C=O) groups is 1. The molecule has 0 atom stereocenters. The Morgan fingerprint density at radius 3 is 2.56 bits per heavy atom. The van der Waals surface area contributed by atoms with E-state index in [1.54, 1.807) is 11.1 Å². The van der Waals surface area contributed by atoms with E-state index in [0.29, 0.717) is 6.42 Å². The molecular weight excluding hydrogens is 150 g/mol. The first-order valence-corrected chi connectivity index (χ1v) is 2.76. The minimum Gasteiger partial charge on any atom is -0.320 e. The molecule has 0 N–H and O–H groups in total. The van der Waals surface area contributed by atoms with E-state index in [1.165, 1.54) is 0 Å². The van der Waals surface area contributed by atoms with Crippen LogP contribution in [-0.4, -0.2) is 17.4 Å². The Morgan fingerprint density at radius 1 is 1.67 bits per heavy atom. The molecule has 0 spiro atoms. The maximum atomic E-state index is 10.7. The van der Waals surface area contributed by atoms with Crippen molar-refractivity contribution < 1.29 is 26.5 Å². The van der Waals surface area contributed by atoms with Gasteiger partial charge in [0, 0.05) is 34.7 Å². The van der Waals surface area contributed by atoms with Crippen LogP contribution in [0, 0.1) is 0 Å². The minimum atomic E-state index is 0. The molecule has 0 radical (unpaired) electrons. The normalized spacial score (nSPS) is 17.3. The molecule has 9 heavy (non-hydrogen) atoms. The van der Waals surface area contributed by atoms with Crippen LogP contribution in [0.15, 0.2) is 12.8 Å². The van der Waals surface area contributed by atoms with Crippen LogP contribution in [-0.2, 0) is 26.5 Å². The van der Waals surface area contributed by atoms with Gasteiger partial charge in [-0.2, -0.15) is 0 Å². The molecule has 1 fully saturated rings. The standard InChI is InChI=1S/C6H9NO.Ti/c1-2-7-5-3-4-6(7)8;/h2H,1,3-5H2;. The summed E-state index contributed by atoms with van der Waals surface area (Å²) in [4.78, 5) is 12.3. The molecule has 1 rings (SSSR count). The molecule has 1 saturated heterocycles. The molecule has 0 aromatic heterocycles. The Bertz CT molecular complexity index is 124.